The fourth-order valence-electron chi connectivity index (χ4n) is 1.64. The molecule has 1 amide bonds. The number of hydrogen-bond donors (Lipinski definition) is 1. The Labute approximate surface area is 105 Å². The molecule has 18 heavy (non-hydrogen) atoms. The van der Waals surface area contributed by atoms with Crippen LogP contribution in [0.15, 0.2) is 0 Å². The van der Waals surface area contributed by atoms with Gasteiger partial charge in [-0.2, -0.15) is 0 Å². The molecule has 0 aliphatic heterocycles. The van der Waals surface area contributed by atoms with Crippen molar-refractivity contribution >= 4 is 11.9 Å². The maximum atomic E-state index is 11.7. The van der Waals surface area contributed by atoms with Crippen LogP contribution in [0.3, 0.4) is 0 Å². The van der Waals surface area contributed by atoms with Crippen LogP contribution in [-0.4, -0.2) is 40.5 Å². The zero-order valence-electron chi connectivity index (χ0n) is 11.1. The summed E-state index contributed by atoms with van der Waals surface area (Å²) in [7, 11) is 1.29. The lowest BCUT2D eigenvalue weighted by Crippen LogP contribution is -2.32. The standard InChI is InChI=1S/C11H18N4O3/c1-5-8-9(11(17)18-4)13-14-15(8)7(3)10(16)12-6-2/h7H,5-6H2,1-4H3,(H,12,16). The summed E-state index contributed by atoms with van der Waals surface area (Å²) >= 11 is 0. The summed E-state index contributed by atoms with van der Waals surface area (Å²) in [6, 6.07) is -0.509. The van der Waals surface area contributed by atoms with Gasteiger partial charge in [-0.3, -0.25) is 4.79 Å². The van der Waals surface area contributed by atoms with Gasteiger partial charge in [0.25, 0.3) is 0 Å². The largest absolute Gasteiger partial charge is 0.464 e. The second-order valence-corrected chi connectivity index (χ2v) is 3.75. The molecule has 7 nitrogen and oxygen atoms in total. The summed E-state index contributed by atoms with van der Waals surface area (Å²) in [5.41, 5.74) is 0.761. The van der Waals surface area contributed by atoms with Gasteiger partial charge in [0.05, 0.1) is 12.8 Å². The minimum atomic E-state index is -0.541. The molecule has 1 unspecified atom stereocenters. The predicted octanol–water partition coefficient (Wildman–Crippen LogP) is 0.324. The van der Waals surface area contributed by atoms with E-state index < -0.39 is 12.0 Å². The maximum Gasteiger partial charge on any atom is 0.360 e. The predicted molar refractivity (Wildman–Crippen MR) is 64.1 cm³/mol. The van der Waals surface area contributed by atoms with Crippen molar-refractivity contribution in [1.82, 2.24) is 20.3 Å². The topological polar surface area (TPSA) is 86.1 Å². The summed E-state index contributed by atoms with van der Waals surface area (Å²) in [4.78, 5) is 23.2. The van der Waals surface area contributed by atoms with E-state index in [2.05, 4.69) is 20.4 Å². The van der Waals surface area contributed by atoms with Gasteiger partial charge in [0.2, 0.25) is 5.91 Å². The molecule has 0 bridgehead atoms. The molecule has 1 N–H and O–H groups in total. The molecular weight excluding hydrogens is 236 g/mol. The van der Waals surface area contributed by atoms with Crippen molar-refractivity contribution in [3.8, 4) is 0 Å². The molecule has 1 aromatic rings. The van der Waals surface area contributed by atoms with Gasteiger partial charge in [0, 0.05) is 6.54 Å². The van der Waals surface area contributed by atoms with Crippen molar-refractivity contribution in [2.24, 2.45) is 0 Å². The van der Waals surface area contributed by atoms with Crippen molar-refractivity contribution < 1.29 is 14.3 Å². The Bertz CT molecular complexity index is 441. The number of methoxy groups -OCH3 is 1. The minimum absolute atomic E-state index is 0.159. The molecule has 0 spiro atoms. The van der Waals surface area contributed by atoms with E-state index in [0.29, 0.717) is 18.7 Å². The third-order valence-electron chi connectivity index (χ3n) is 2.60. The fraction of sp³-hybridized carbons (Fsp3) is 0.636. The third kappa shape index (κ3) is 2.66. The number of likely N-dealkylation sites (N-methyl/N-ethyl adjacent to an activating group) is 1. The fourth-order valence-corrected chi connectivity index (χ4v) is 1.64. The first-order valence-electron chi connectivity index (χ1n) is 5.86. The lowest BCUT2D eigenvalue weighted by Gasteiger charge is -2.13. The zero-order chi connectivity index (χ0) is 13.7. The van der Waals surface area contributed by atoms with E-state index in [4.69, 9.17) is 0 Å². The molecule has 100 valence electrons. The molecule has 1 atom stereocenters. The summed E-state index contributed by atoms with van der Waals surface area (Å²) in [6.45, 7) is 5.96. The van der Waals surface area contributed by atoms with Crippen LogP contribution >= 0.6 is 0 Å². The van der Waals surface area contributed by atoms with Gasteiger partial charge in [-0.05, 0) is 20.3 Å². The molecule has 0 aromatic carbocycles. The second kappa shape index (κ2) is 6.13. The number of ether oxygens (including phenoxy) is 1. The van der Waals surface area contributed by atoms with Crippen molar-refractivity contribution in [2.75, 3.05) is 13.7 Å². The van der Waals surface area contributed by atoms with E-state index in [0.717, 1.165) is 0 Å². The summed E-state index contributed by atoms with van der Waals surface area (Å²) < 4.78 is 6.08. The van der Waals surface area contributed by atoms with Crippen molar-refractivity contribution in [1.29, 1.82) is 0 Å². The first kappa shape index (κ1) is 14.1. The molecule has 7 heteroatoms. The lowest BCUT2D eigenvalue weighted by molar-refractivity contribution is -0.124. The Hall–Kier alpha value is -1.92. The van der Waals surface area contributed by atoms with Crippen LogP contribution < -0.4 is 5.32 Å². The smallest absolute Gasteiger partial charge is 0.360 e. The van der Waals surface area contributed by atoms with Gasteiger partial charge in [-0.15, -0.1) is 5.10 Å². The zero-order valence-corrected chi connectivity index (χ0v) is 11.1. The maximum absolute atomic E-state index is 11.7. The molecule has 1 aromatic heterocycles. The number of nitrogens with one attached hydrogen (secondary N) is 1. The Morgan fingerprint density at radius 1 is 1.44 bits per heavy atom. The van der Waals surface area contributed by atoms with Crippen molar-refractivity contribution in [3.05, 3.63) is 11.4 Å². The van der Waals surface area contributed by atoms with Gasteiger partial charge in [-0.1, -0.05) is 12.1 Å². The number of nitrogens with zero attached hydrogens (tertiary/aromatic N) is 3. The Morgan fingerprint density at radius 2 is 2.11 bits per heavy atom. The van der Waals surface area contributed by atoms with E-state index in [1.807, 2.05) is 13.8 Å². The molecule has 0 radical (unpaired) electrons. The first-order chi connectivity index (χ1) is 8.56. The molecular formula is C11H18N4O3. The molecule has 0 aliphatic rings. The molecule has 1 rings (SSSR count). The molecule has 1 heterocycles. The van der Waals surface area contributed by atoms with Crippen molar-refractivity contribution in [2.45, 2.75) is 33.2 Å². The number of esters is 1. The quantitative estimate of drug-likeness (QED) is 0.765. The minimum Gasteiger partial charge on any atom is -0.464 e. The number of hydrogen-bond acceptors (Lipinski definition) is 5. The number of rotatable bonds is 5. The van der Waals surface area contributed by atoms with E-state index in [1.54, 1.807) is 6.92 Å². The molecule has 0 saturated carbocycles. The van der Waals surface area contributed by atoms with Crippen LogP contribution in [0.2, 0.25) is 0 Å². The van der Waals surface area contributed by atoms with E-state index in [-0.39, 0.29) is 11.6 Å². The monoisotopic (exact) mass is 254 g/mol. The lowest BCUT2D eigenvalue weighted by atomic mass is 10.2. The van der Waals surface area contributed by atoms with Crippen LogP contribution in [0, 0.1) is 0 Å². The molecule has 0 saturated heterocycles. The highest BCUT2D eigenvalue weighted by Gasteiger charge is 2.24. The van der Waals surface area contributed by atoms with Gasteiger partial charge >= 0.3 is 5.97 Å². The normalized spacial score (nSPS) is 12.0. The number of aromatic nitrogens is 3. The van der Waals surface area contributed by atoms with Crippen LogP contribution in [0.4, 0.5) is 0 Å². The van der Waals surface area contributed by atoms with E-state index in [1.165, 1.54) is 11.8 Å². The highest BCUT2D eigenvalue weighted by Crippen LogP contribution is 2.13. The van der Waals surface area contributed by atoms with Crippen LogP contribution in [0.25, 0.3) is 0 Å². The highest BCUT2D eigenvalue weighted by atomic mass is 16.5. The van der Waals surface area contributed by atoms with E-state index >= 15 is 0 Å². The number of carbonyl (C=O) groups excluding carboxylic acids is 2. The summed E-state index contributed by atoms with van der Waals surface area (Å²) in [5, 5.41) is 10.3. The van der Waals surface area contributed by atoms with Crippen molar-refractivity contribution in [3.63, 3.8) is 0 Å². The summed E-state index contributed by atoms with van der Waals surface area (Å²) in [6.07, 6.45) is 0.543. The first-order valence-corrected chi connectivity index (χ1v) is 5.86. The SMILES string of the molecule is CCNC(=O)C(C)n1nnc(C(=O)OC)c1CC. The summed E-state index contributed by atoms with van der Waals surface area (Å²) in [5.74, 6) is -0.699. The Kier molecular flexibility index (Phi) is 4.82. The van der Waals surface area contributed by atoms with Gasteiger partial charge in [-0.25, -0.2) is 9.48 Å². The van der Waals surface area contributed by atoms with Crippen LogP contribution in [0.1, 0.15) is 43.0 Å². The third-order valence-corrected chi connectivity index (χ3v) is 2.60. The molecule has 0 fully saturated rings. The average molecular weight is 254 g/mol. The molecule has 0 aliphatic carbocycles. The van der Waals surface area contributed by atoms with Gasteiger partial charge in [0.15, 0.2) is 5.69 Å². The average Bonchev–Trinajstić information content (AvgIpc) is 2.80. The van der Waals surface area contributed by atoms with E-state index in [9.17, 15) is 9.59 Å². The number of amides is 1. The highest BCUT2D eigenvalue weighted by molar-refractivity contribution is 5.88. The van der Waals surface area contributed by atoms with Crippen LogP contribution in [-0.2, 0) is 16.0 Å². The number of carbonyl (C=O) groups is 2. The van der Waals surface area contributed by atoms with Gasteiger partial charge < -0.3 is 10.1 Å². The van der Waals surface area contributed by atoms with Crippen LogP contribution in [0.5, 0.6) is 0 Å². The Morgan fingerprint density at radius 3 is 2.61 bits per heavy atom. The Balaban J connectivity index is 3.06. The van der Waals surface area contributed by atoms with Gasteiger partial charge in [0.1, 0.15) is 6.04 Å². The second-order valence-electron chi connectivity index (χ2n) is 3.75.